The van der Waals surface area contributed by atoms with Crippen molar-refractivity contribution in [1.29, 1.82) is 0 Å². The van der Waals surface area contributed by atoms with Crippen LogP contribution in [0.25, 0.3) is 0 Å². The molecule has 0 saturated carbocycles. The quantitative estimate of drug-likeness (QED) is 0.615. The second-order valence-corrected chi connectivity index (χ2v) is 6.27. The van der Waals surface area contributed by atoms with Gasteiger partial charge in [0.2, 0.25) is 0 Å². The van der Waals surface area contributed by atoms with Gasteiger partial charge in [-0.25, -0.2) is 4.39 Å². The van der Waals surface area contributed by atoms with Crippen molar-refractivity contribution in [3.8, 4) is 0 Å². The Morgan fingerprint density at radius 1 is 1.21 bits per heavy atom. The third kappa shape index (κ3) is 5.54. The molecule has 1 atom stereocenters. The molecule has 1 N–H and O–H groups in total. The third-order valence-corrected chi connectivity index (χ3v) is 4.46. The molecule has 0 bridgehead atoms. The molecule has 2 aromatic rings. The number of esters is 1. The van der Waals surface area contributed by atoms with E-state index in [4.69, 9.17) is 16.3 Å². The van der Waals surface area contributed by atoms with Crippen LogP contribution in [0.4, 0.5) is 10.1 Å². The number of hydrogen-bond acceptors (Lipinski definition) is 4. The zero-order chi connectivity index (χ0) is 17.5. The van der Waals surface area contributed by atoms with Gasteiger partial charge in [0.15, 0.2) is 6.10 Å². The van der Waals surface area contributed by atoms with Crippen LogP contribution >= 0.6 is 23.4 Å². The molecule has 2 rings (SSSR count). The molecule has 0 spiro atoms. The first-order valence-electron chi connectivity index (χ1n) is 7.09. The number of rotatable bonds is 6. The van der Waals surface area contributed by atoms with Gasteiger partial charge in [0.1, 0.15) is 5.82 Å². The molecule has 126 valence electrons. The lowest BCUT2D eigenvalue weighted by Crippen LogP contribution is -2.30. The number of halogens is 2. The highest BCUT2D eigenvalue weighted by atomic mass is 35.5. The minimum atomic E-state index is -0.964. The van der Waals surface area contributed by atoms with Crippen LogP contribution in [-0.4, -0.2) is 23.7 Å². The smallest absolute Gasteiger partial charge is 0.317 e. The summed E-state index contributed by atoms with van der Waals surface area (Å²) in [5.41, 5.74) is 0.426. The van der Waals surface area contributed by atoms with Crippen LogP contribution in [0.2, 0.25) is 5.02 Å². The van der Waals surface area contributed by atoms with E-state index in [9.17, 15) is 14.0 Å². The Hall–Kier alpha value is -2.05. The molecule has 4 nitrogen and oxygen atoms in total. The summed E-state index contributed by atoms with van der Waals surface area (Å²) in [5.74, 6) is -1.37. The zero-order valence-electron chi connectivity index (χ0n) is 12.8. The van der Waals surface area contributed by atoms with Crippen LogP contribution in [0.15, 0.2) is 53.4 Å². The lowest BCUT2D eigenvalue weighted by Gasteiger charge is -2.13. The Kier molecular flexibility index (Phi) is 6.63. The van der Waals surface area contributed by atoms with Crippen molar-refractivity contribution in [2.45, 2.75) is 17.9 Å². The molecule has 0 saturated heterocycles. The van der Waals surface area contributed by atoms with E-state index in [2.05, 4.69) is 5.32 Å². The summed E-state index contributed by atoms with van der Waals surface area (Å²) in [6, 6.07) is 12.5. The SMILES string of the molecule is CC(OC(=O)CSc1ccccc1Cl)C(=O)Nc1ccc(F)cc1. The van der Waals surface area contributed by atoms with Crippen LogP contribution in [0.1, 0.15) is 6.92 Å². The van der Waals surface area contributed by atoms with Crippen molar-refractivity contribution in [3.63, 3.8) is 0 Å². The van der Waals surface area contributed by atoms with E-state index in [-0.39, 0.29) is 5.75 Å². The monoisotopic (exact) mass is 367 g/mol. The molecule has 2 aromatic carbocycles. The van der Waals surface area contributed by atoms with Gasteiger partial charge in [-0.05, 0) is 43.3 Å². The number of carbonyl (C=O) groups is 2. The number of benzene rings is 2. The Bertz CT molecular complexity index is 724. The standard InChI is InChI=1S/C17H15ClFNO3S/c1-11(17(22)20-13-8-6-12(19)7-9-13)23-16(21)10-24-15-5-3-2-4-14(15)18/h2-9,11H,10H2,1H3,(H,20,22). The largest absolute Gasteiger partial charge is 0.452 e. The highest BCUT2D eigenvalue weighted by Gasteiger charge is 2.18. The average Bonchev–Trinajstić information content (AvgIpc) is 2.56. The van der Waals surface area contributed by atoms with E-state index < -0.39 is 23.8 Å². The maximum Gasteiger partial charge on any atom is 0.317 e. The van der Waals surface area contributed by atoms with Crippen molar-refractivity contribution >= 4 is 40.9 Å². The van der Waals surface area contributed by atoms with E-state index in [0.29, 0.717) is 10.7 Å². The molecule has 0 aliphatic heterocycles. The molecule has 1 amide bonds. The molecule has 0 fully saturated rings. The predicted molar refractivity (Wildman–Crippen MR) is 92.8 cm³/mol. The van der Waals surface area contributed by atoms with Crippen LogP contribution in [0.5, 0.6) is 0 Å². The average molecular weight is 368 g/mol. The Balaban J connectivity index is 1.81. The molecule has 0 aliphatic carbocycles. The Labute approximate surface area is 148 Å². The van der Waals surface area contributed by atoms with E-state index in [1.807, 2.05) is 6.07 Å². The van der Waals surface area contributed by atoms with Crippen LogP contribution in [0.3, 0.4) is 0 Å². The van der Waals surface area contributed by atoms with E-state index in [1.165, 1.54) is 43.0 Å². The molecule has 24 heavy (non-hydrogen) atoms. The van der Waals surface area contributed by atoms with Gasteiger partial charge in [0, 0.05) is 10.6 Å². The van der Waals surface area contributed by atoms with E-state index >= 15 is 0 Å². The minimum Gasteiger partial charge on any atom is -0.452 e. The first-order chi connectivity index (χ1) is 11.5. The summed E-state index contributed by atoms with van der Waals surface area (Å²) in [6.45, 7) is 1.47. The van der Waals surface area contributed by atoms with Crippen LogP contribution < -0.4 is 5.32 Å². The molecular formula is C17H15ClFNO3S. The van der Waals surface area contributed by atoms with Gasteiger partial charge < -0.3 is 10.1 Å². The van der Waals surface area contributed by atoms with Crippen molar-refractivity contribution < 1.29 is 18.7 Å². The Morgan fingerprint density at radius 2 is 1.88 bits per heavy atom. The number of carbonyl (C=O) groups excluding carboxylic acids is 2. The fourth-order valence-corrected chi connectivity index (χ4v) is 2.78. The fraction of sp³-hybridized carbons (Fsp3) is 0.176. The summed E-state index contributed by atoms with van der Waals surface area (Å²) in [5, 5.41) is 3.10. The number of ether oxygens (including phenoxy) is 1. The lowest BCUT2D eigenvalue weighted by molar-refractivity contribution is -0.150. The molecule has 0 aliphatic rings. The van der Waals surface area contributed by atoms with Crippen molar-refractivity contribution in [1.82, 2.24) is 0 Å². The molecular weight excluding hydrogens is 353 g/mol. The first-order valence-corrected chi connectivity index (χ1v) is 8.45. The van der Waals surface area contributed by atoms with Gasteiger partial charge in [-0.1, -0.05) is 23.7 Å². The van der Waals surface area contributed by atoms with Gasteiger partial charge in [-0.3, -0.25) is 9.59 Å². The lowest BCUT2D eigenvalue weighted by atomic mass is 10.3. The summed E-state index contributed by atoms with van der Waals surface area (Å²) < 4.78 is 17.9. The Morgan fingerprint density at radius 3 is 2.54 bits per heavy atom. The minimum absolute atomic E-state index is 0.0396. The van der Waals surface area contributed by atoms with Crippen LogP contribution in [0, 0.1) is 5.82 Å². The van der Waals surface area contributed by atoms with Crippen molar-refractivity contribution in [2.24, 2.45) is 0 Å². The first kappa shape index (κ1) is 18.3. The van der Waals surface area contributed by atoms with Gasteiger partial charge in [0.05, 0.1) is 10.8 Å². The number of nitrogens with one attached hydrogen (secondary N) is 1. The molecule has 0 aromatic heterocycles. The number of anilines is 1. The summed E-state index contributed by atoms with van der Waals surface area (Å²) in [4.78, 5) is 24.5. The van der Waals surface area contributed by atoms with Gasteiger partial charge in [-0.15, -0.1) is 11.8 Å². The number of thioether (sulfide) groups is 1. The molecule has 0 heterocycles. The second-order valence-electron chi connectivity index (χ2n) is 4.85. The summed E-state index contributed by atoms with van der Waals surface area (Å²) >= 11 is 7.24. The topological polar surface area (TPSA) is 55.4 Å². The second kappa shape index (κ2) is 8.70. The highest BCUT2D eigenvalue weighted by Crippen LogP contribution is 2.26. The molecule has 7 heteroatoms. The zero-order valence-corrected chi connectivity index (χ0v) is 14.4. The fourth-order valence-electron chi connectivity index (χ4n) is 1.76. The highest BCUT2D eigenvalue weighted by molar-refractivity contribution is 8.00. The third-order valence-electron chi connectivity index (χ3n) is 2.97. The number of hydrogen-bond donors (Lipinski definition) is 1. The normalized spacial score (nSPS) is 11.6. The van der Waals surface area contributed by atoms with Crippen molar-refractivity contribution in [3.05, 3.63) is 59.4 Å². The number of amides is 1. The van der Waals surface area contributed by atoms with E-state index in [0.717, 1.165) is 4.90 Å². The van der Waals surface area contributed by atoms with Gasteiger partial charge in [0.25, 0.3) is 5.91 Å². The van der Waals surface area contributed by atoms with Crippen molar-refractivity contribution in [2.75, 3.05) is 11.1 Å². The van der Waals surface area contributed by atoms with Crippen LogP contribution in [-0.2, 0) is 14.3 Å². The maximum absolute atomic E-state index is 12.8. The maximum atomic E-state index is 12.8. The molecule has 1 unspecified atom stereocenters. The van der Waals surface area contributed by atoms with Gasteiger partial charge >= 0.3 is 5.97 Å². The predicted octanol–water partition coefficient (Wildman–Crippen LogP) is 4.14. The van der Waals surface area contributed by atoms with Gasteiger partial charge in [-0.2, -0.15) is 0 Å². The summed E-state index contributed by atoms with van der Waals surface area (Å²) in [7, 11) is 0. The summed E-state index contributed by atoms with van der Waals surface area (Å²) in [6.07, 6.45) is -0.964. The van der Waals surface area contributed by atoms with E-state index in [1.54, 1.807) is 18.2 Å². The molecule has 0 radical (unpaired) electrons.